The van der Waals surface area contributed by atoms with E-state index >= 15 is 0 Å². The van der Waals surface area contributed by atoms with E-state index in [0.29, 0.717) is 0 Å². The van der Waals surface area contributed by atoms with Crippen LogP contribution in [0.3, 0.4) is 0 Å². The summed E-state index contributed by atoms with van der Waals surface area (Å²) in [7, 11) is 1.60. The number of nitrogens with one attached hydrogen (secondary N) is 1. The van der Waals surface area contributed by atoms with E-state index in [4.69, 9.17) is 9.47 Å². The molecular weight excluding hydrogens is 370 g/mol. The first-order valence-corrected chi connectivity index (χ1v) is 10.7. The molecule has 29 heavy (non-hydrogen) atoms. The Kier molecular flexibility index (Phi) is 4.84. The van der Waals surface area contributed by atoms with Gasteiger partial charge in [-0.1, -0.05) is 24.6 Å². The van der Waals surface area contributed by atoms with Gasteiger partial charge in [-0.15, -0.1) is 0 Å². The van der Waals surface area contributed by atoms with E-state index in [1.807, 2.05) is 39.8 Å². The lowest BCUT2D eigenvalue weighted by molar-refractivity contribution is -0.149. The zero-order chi connectivity index (χ0) is 21.3. The number of amides is 1. The van der Waals surface area contributed by atoms with Crippen LogP contribution in [0.2, 0.25) is 0 Å². The molecule has 4 rings (SSSR count). The molecular formula is C23H33NO5. The summed E-state index contributed by atoms with van der Waals surface area (Å²) in [6.45, 7) is 9.92. The molecule has 2 aliphatic carbocycles. The number of hydrogen-bond acceptors (Lipinski definition) is 5. The first-order chi connectivity index (χ1) is 13.6. The van der Waals surface area contributed by atoms with Gasteiger partial charge in [0.15, 0.2) is 5.78 Å². The molecule has 1 amide bonds. The topological polar surface area (TPSA) is 88.2 Å². The van der Waals surface area contributed by atoms with Gasteiger partial charge in [0, 0.05) is 31.4 Å². The second-order valence-electron chi connectivity index (χ2n) is 9.66. The summed E-state index contributed by atoms with van der Waals surface area (Å²) in [6.07, 6.45) is 3.51. The second-order valence-corrected chi connectivity index (χ2v) is 9.66. The summed E-state index contributed by atoms with van der Waals surface area (Å²) < 4.78 is 11.8. The Morgan fingerprint density at radius 1 is 1.24 bits per heavy atom. The monoisotopic (exact) mass is 403 g/mol. The van der Waals surface area contributed by atoms with Crippen LogP contribution in [0.1, 0.15) is 47.5 Å². The van der Waals surface area contributed by atoms with Crippen LogP contribution >= 0.6 is 0 Å². The molecule has 6 heteroatoms. The maximum absolute atomic E-state index is 13.9. The largest absolute Gasteiger partial charge is 0.388 e. The summed E-state index contributed by atoms with van der Waals surface area (Å²) in [5.74, 6) is -1.05. The lowest BCUT2D eigenvalue weighted by atomic mass is 9.54. The van der Waals surface area contributed by atoms with E-state index in [1.54, 1.807) is 7.11 Å². The number of hydrogen-bond donors (Lipinski definition) is 2. The average molecular weight is 404 g/mol. The number of aliphatic hydroxyl groups excluding tert-OH is 1. The van der Waals surface area contributed by atoms with Crippen molar-refractivity contribution in [3.63, 3.8) is 0 Å². The molecule has 160 valence electrons. The SMILES string of the molecule is COC1CC(=O)C23C(=O)NC(C)C2C(C)=C(C)C(O)C3C=CCC(C)C2OC12C. The third kappa shape index (κ3) is 2.65. The first kappa shape index (κ1) is 20.8. The van der Waals surface area contributed by atoms with Crippen molar-refractivity contribution < 1.29 is 24.2 Å². The molecule has 4 aliphatic rings. The Bertz CT molecular complexity index is 803. The number of carbonyl (C=O) groups excluding carboxylic acids is 2. The number of fused-ring (bicyclic) bond motifs is 1. The maximum atomic E-state index is 13.9. The normalized spacial score (nSPS) is 49.7. The predicted octanol–water partition coefficient (Wildman–Crippen LogP) is 2.16. The van der Waals surface area contributed by atoms with E-state index in [9.17, 15) is 14.7 Å². The summed E-state index contributed by atoms with van der Waals surface area (Å²) in [6, 6.07) is -0.171. The molecule has 2 aliphatic heterocycles. The van der Waals surface area contributed by atoms with Crippen molar-refractivity contribution in [3.05, 3.63) is 23.3 Å². The van der Waals surface area contributed by atoms with E-state index in [0.717, 1.165) is 17.6 Å². The van der Waals surface area contributed by atoms with E-state index in [1.165, 1.54) is 0 Å². The predicted molar refractivity (Wildman–Crippen MR) is 108 cm³/mol. The Hall–Kier alpha value is -1.50. The fourth-order valence-corrected chi connectivity index (χ4v) is 6.36. The summed E-state index contributed by atoms with van der Waals surface area (Å²) >= 11 is 0. The summed E-state index contributed by atoms with van der Waals surface area (Å²) in [5.41, 5.74) is -0.0475. The Balaban J connectivity index is 1.88. The third-order valence-corrected chi connectivity index (χ3v) is 8.14. The summed E-state index contributed by atoms with van der Waals surface area (Å²) in [4.78, 5) is 27.3. The fourth-order valence-electron chi connectivity index (χ4n) is 6.36. The molecule has 9 unspecified atom stereocenters. The molecule has 6 nitrogen and oxygen atoms in total. The van der Waals surface area contributed by atoms with E-state index in [-0.39, 0.29) is 42.1 Å². The van der Waals surface area contributed by atoms with Gasteiger partial charge in [0.1, 0.15) is 11.0 Å². The van der Waals surface area contributed by atoms with Crippen LogP contribution in [0.15, 0.2) is 23.3 Å². The fraction of sp³-hybridized carbons (Fsp3) is 0.739. The van der Waals surface area contributed by atoms with Crippen molar-refractivity contribution in [2.24, 2.45) is 23.2 Å². The highest BCUT2D eigenvalue weighted by Crippen LogP contribution is 2.56. The number of ketones is 1. The highest BCUT2D eigenvalue weighted by Gasteiger charge is 2.68. The lowest BCUT2D eigenvalue weighted by Gasteiger charge is -2.46. The van der Waals surface area contributed by atoms with Gasteiger partial charge in [-0.25, -0.2) is 0 Å². The molecule has 0 saturated carbocycles. The minimum absolute atomic E-state index is 0.0150. The number of Topliss-reactive ketones (excluding diaryl/α,β-unsaturated/α-hetero) is 1. The standard InChI is InChI=1S/C23H33NO5/c1-11-8-7-9-15-19(26)13(3)12(2)18-14(4)24-21(27)23(15,18)16(25)10-17(28-6)22(5)20(11)29-22/h7,9,11,14-15,17-20,26H,8,10H2,1-6H3,(H,24,27). The van der Waals surface area contributed by atoms with Gasteiger partial charge >= 0.3 is 0 Å². The highest BCUT2D eigenvalue weighted by atomic mass is 16.6. The molecule has 2 heterocycles. The number of methoxy groups -OCH3 is 1. The zero-order valence-electron chi connectivity index (χ0n) is 18.2. The van der Waals surface area contributed by atoms with Crippen LogP contribution in [-0.2, 0) is 19.1 Å². The van der Waals surface area contributed by atoms with Gasteiger partial charge < -0.3 is 19.9 Å². The van der Waals surface area contributed by atoms with Crippen LogP contribution in [0, 0.1) is 23.2 Å². The molecule has 0 aromatic carbocycles. The minimum Gasteiger partial charge on any atom is -0.388 e. The number of rotatable bonds is 1. The van der Waals surface area contributed by atoms with Crippen molar-refractivity contribution >= 4 is 11.7 Å². The van der Waals surface area contributed by atoms with Crippen molar-refractivity contribution in [1.29, 1.82) is 0 Å². The Labute approximate surface area is 172 Å². The van der Waals surface area contributed by atoms with Gasteiger partial charge in [-0.2, -0.15) is 0 Å². The van der Waals surface area contributed by atoms with Gasteiger partial charge in [0.05, 0.1) is 18.3 Å². The molecule has 2 N–H and O–H groups in total. The number of ether oxygens (including phenoxy) is 2. The van der Waals surface area contributed by atoms with Gasteiger partial charge in [0.2, 0.25) is 5.91 Å². The molecule has 0 aromatic rings. The number of aliphatic hydroxyl groups is 1. The third-order valence-electron chi connectivity index (χ3n) is 8.14. The second kappa shape index (κ2) is 6.76. The van der Waals surface area contributed by atoms with Crippen molar-refractivity contribution in [1.82, 2.24) is 5.32 Å². The number of allylic oxidation sites excluding steroid dienone is 1. The summed E-state index contributed by atoms with van der Waals surface area (Å²) in [5, 5.41) is 14.2. The molecule has 9 atom stereocenters. The van der Waals surface area contributed by atoms with Crippen molar-refractivity contribution in [3.8, 4) is 0 Å². The lowest BCUT2D eigenvalue weighted by Crippen LogP contribution is -2.56. The van der Waals surface area contributed by atoms with Crippen LogP contribution in [0.25, 0.3) is 0 Å². The van der Waals surface area contributed by atoms with Crippen LogP contribution < -0.4 is 5.32 Å². The molecule has 0 aromatic heterocycles. The van der Waals surface area contributed by atoms with Crippen LogP contribution in [0.5, 0.6) is 0 Å². The smallest absolute Gasteiger partial charge is 0.235 e. The minimum atomic E-state index is -1.32. The Morgan fingerprint density at radius 2 is 1.93 bits per heavy atom. The van der Waals surface area contributed by atoms with Crippen molar-refractivity contribution in [2.75, 3.05) is 7.11 Å². The van der Waals surface area contributed by atoms with Crippen LogP contribution in [-0.4, -0.2) is 53.9 Å². The molecule has 0 radical (unpaired) electrons. The maximum Gasteiger partial charge on any atom is 0.235 e. The Morgan fingerprint density at radius 3 is 2.59 bits per heavy atom. The number of carbonyl (C=O) groups is 2. The highest BCUT2D eigenvalue weighted by molar-refractivity contribution is 6.10. The van der Waals surface area contributed by atoms with Gasteiger partial charge in [-0.3, -0.25) is 9.59 Å². The van der Waals surface area contributed by atoms with Gasteiger partial charge in [-0.05, 0) is 45.6 Å². The first-order valence-electron chi connectivity index (χ1n) is 10.7. The average Bonchev–Trinajstić information content (AvgIpc) is 3.29. The number of epoxide rings is 1. The molecule has 2 fully saturated rings. The van der Waals surface area contributed by atoms with E-state index in [2.05, 4.69) is 12.2 Å². The quantitative estimate of drug-likeness (QED) is 0.398. The van der Waals surface area contributed by atoms with Crippen molar-refractivity contribution in [2.45, 2.75) is 77.4 Å². The molecule has 0 bridgehead atoms. The van der Waals surface area contributed by atoms with Crippen LogP contribution in [0.4, 0.5) is 0 Å². The molecule has 1 spiro atoms. The van der Waals surface area contributed by atoms with Gasteiger partial charge in [0.25, 0.3) is 0 Å². The zero-order valence-corrected chi connectivity index (χ0v) is 18.2. The molecule has 2 saturated heterocycles. The van der Waals surface area contributed by atoms with E-state index < -0.39 is 29.1 Å².